The lowest BCUT2D eigenvalue weighted by atomic mass is 9.87. The number of ether oxygens (including phenoxy) is 1. The van der Waals surface area contributed by atoms with Crippen LogP contribution in [0.15, 0.2) is 24.4 Å². The van der Waals surface area contributed by atoms with Crippen molar-refractivity contribution in [1.82, 2.24) is 25.2 Å². The summed E-state index contributed by atoms with van der Waals surface area (Å²) in [6, 6.07) is 7.68. The third-order valence-electron chi connectivity index (χ3n) is 8.89. The summed E-state index contributed by atoms with van der Waals surface area (Å²) in [5.41, 5.74) is 4.14. The van der Waals surface area contributed by atoms with Crippen LogP contribution in [0.2, 0.25) is 0 Å². The van der Waals surface area contributed by atoms with E-state index in [1.165, 1.54) is 24.0 Å². The summed E-state index contributed by atoms with van der Waals surface area (Å²) in [5, 5.41) is 4.34. The Bertz CT molecular complexity index is 1320. The quantitative estimate of drug-likeness (QED) is 0.563. The van der Waals surface area contributed by atoms with Gasteiger partial charge >= 0.3 is 6.01 Å². The second-order valence-corrected chi connectivity index (χ2v) is 11.3. The molecule has 4 aliphatic rings. The van der Waals surface area contributed by atoms with Crippen molar-refractivity contribution in [2.45, 2.75) is 69.5 Å². The number of nitrogens with zero attached hydrogens (tertiary/aromatic N) is 5. The number of anilines is 1. The summed E-state index contributed by atoms with van der Waals surface area (Å²) in [6.07, 6.45) is 10.7. The lowest BCUT2D eigenvalue weighted by molar-refractivity contribution is 0.188. The number of pyridine rings is 1. The molecule has 0 spiro atoms. The lowest BCUT2D eigenvalue weighted by Crippen LogP contribution is -2.51. The normalized spacial score (nSPS) is 25.6. The van der Waals surface area contributed by atoms with Crippen LogP contribution in [0, 0.1) is 5.82 Å². The first-order chi connectivity index (χ1) is 18.1. The molecule has 8 heteroatoms. The third kappa shape index (κ3) is 4.24. The maximum absolute atomic E-state index is 16.4. The summed E-state index contributed by atoms with van der Waals surface area (Å²) in [7, 11) is 2.13. The Morgan fingerprint density at radius 3 is 2.70 bits per heavy atom. The van der Waals surface area contributed by atoms with Gasteiger partial charge in [0.15, 0.2) is 5.82 Å². The number of likely N-dealkylation sites (tertiary alicyclic amines) is 1. The van der Waals surface area contributed by atoms with Crippen molar-refractivity contribution < 1.29 is 9.13 Å². The number of fused-ring (bicyclic) bond motifs is 4. The molecule has 194 valence electrons. The Balaban J connectivity index is 1.32. The average molecular weight is 503 g/mol. The molecular formula is C29H35FN6O. The number of hydrogen-bond donors (Lipinski definition) is 1. The van der Waals surface area contributed by atoms with Gasteiger partial charge in [0, 0.05) is 43.0 Å². The summed E-state index contributed by atoms with van der Waals surface area (Å²) >= 11 is 0. The minimum absolute atomic E-state index is 0.264. The van der Waals surface area contributed by atoms with Gasteiger partial charge in [-0.05, 0) is 76.1 Å². The van der Waals surface area contributed by atoms with Crippen LogP contribution in [0.25, 0.3) is 22.2 Å². The van der Waals surface area contributed by atoms with Gasteiger partial charge in [-0.1, -0.05) is 18.2 Å². The smallest absolute Gasteiger partial charge is 0.319 e. The van der Waals surface area contributed by atoms with Crippen LogP contribution in [0.5, 0.6) is 6.01 Å². The van der Waals surface area contributed by atoms with Gasteiger partial charge in [-0.25, -0.2) is 4.39 Å². The van der Waals surface area contributed by atoms with Crippen molar-refractivity contribution in [3.8, 4) is 17.3 Å². The molecule has 7 rings (SSSR count). The highest BCUT2D eigenvalue weighted by Crippen LogP contribution is 2.37. The number of rotatable bonds is 5. The number of nitrogens with one attached hydrogen (secondary N) is 1. The van der Waals surface area contributed by atoms with Gasteiger partial charge in [0.05, 0.1) is 5.39 Å². The summed E-state index contributed by atoms with van der Waals surface area (Å²) < 4.78 is 22.5. The van der Waals surface area contributed by atoms with E-state index in [1.54, 1.807) is 6.20 Å². The van der Waals surface area contributed by atoms with E-state index < -0.39 is 0 Å². The third-order valence-corrected chi connectivity index (χ3v) is 8.89. The van der Waals surface area contributed by atoms with E-state index in [4.69, 9.17) is 14.7 Å². The number of halogens is 1. The van der Waals surface area contributed by atoms with Crippen LogP contribution in [-0.2, 0) is 12.8 Å². The highest BCUT2D eigenvalue weighted by Gasteiger charge is 2.34. The first-order valence-electron chi connectivity index (χ1n) is 14.0. The van der Waals surface area contributed by atoms with Crippen molar-refractivity contribution in [1.29, 1.82) is 0 Å². The van der Waals surface area contributed by atoms with Gasteiger partial charge in [-0.15, -0.1) is 0 Å². The van der Waals surface area contributed by atoms with E-state index in [2.05, 4.69) is 33.2 Å². The van der Waals surface area contributed by atoms with Crippen LogP contribution in [-0.4, -0.2) is 71.3 Å². The summed E-state index contributed by atoms with van der Waals surface area (Å²) in [5.74, 6) is 0.368. The highest BCUT2D eigenvalue weighted by molar-refractivity contribution is 5.92. The van der Waals surface area contributed by atoms with Gasteiger partial charge < -0.3 is 19.9 Å². The van der Waals surface area contributed by atoms with E-state index in [-0.39, 0.29) is 11.8 Å². The molecule has 1 N–H and O–H groups in total. The van der Waals surface area contributed by atoms with Crippen molar-refractivity contribution in [2.75, 3.05) is 38.2 Å². The minimum Gasteiger partial charge on any atom is -0.462 e. The van der Waals surface area contributed by atoms with Gasteiger partial charge in [0.1, 0.15) is 23.6 Å². The zero-order valence-electron chi connectivity index (χ0n) is 21.5. The molecular weight excluding hydrogens is 467 g/mol. The Labute approximate surface area is 217 Å². The fourth-order valence-electron chi connectivity index (χ4n) is 6.85. The Kier molecular flexibility index (Phi) is 5.96. The molecule has 3 fully saturated rings. The van der Waals surface area contributed by atoms with Gasteiger partial charge in [0.2, 0.25) is 0 Å². The first-order valence-corrected chi connectivity index (χ1v) is 14.0. The van der Waals surface area contributed by atoms with Gasteiger partial charge in [0.25, 0.3) is 0 Å². The standard InChI is InChI=1S/C29H35FN6O/c1-35-13-5-8-21(35)17-37-29-33-27-24(28(34-29)36-15-19-11-12-20(16-36)32-19)14-31-26(25(27)30)23-10-4-7-18-6-2-3-9-22(18)23/h4,7,10,14,19-21,32H,2-3,5-6,8-9,11-13,15-17H2,1H3/t19-,20+,21?. The summed E-state index contributed by atoms with van der Waals surface area (Å²) in [4.78, 5) is 18.8. The SMILES string of the molecule is CN1CCCC1COc1nc(N2C[C@H]3CC[C@@H](C2)N3)c2cnc(-c3cccc4c3CCCC4)c(F)c2n1. The first kappa shape index (κ1) is 23.3. The molecule has 1 unspecified atom stereocenters. The largest absolute Gasteiger partial charge is 0.462 e. The summed E-state index contributed by atoms with van der Waals surface area (Å²) in [6.45, 7) is 3.29. The Hall–Kier alpha value is -2.84. The molecule has 3 aromatic rings. The fourth-order valence-corrected chi connectivity index (χ4v) is 6.85. The molecule has 7 nitrogen and oxygen atoms in total. The molecule has 37 heavy (non-hydrogen) atoms. The number of piperazine rings is 1. The molecule has 1 aromatic carbocycles. The van der Waals surface area contributed by atoms with Gasteiger partial charge in [-0.3, -0.25) is 4.98 Å². The maximum Gasteiger partial charge on any atom is 0.319 e. The van der Waals surface area contributed by atoms with Crippen molar-refractivity contribution >= 4 is 16.7 Å². The van der Waals surface area contributed by atoms with Crippen LogP contribution < -0.4 is 15.0 Å². The Morgan fingerprint density at radius 1 is 1.05 bits per heavy atom. The van der Waals surface area contributed by atoms with Crippen LogP contribution >= 0.6 is 0 Å². The van der Waals surface area contributed by atoms with Crippen LogP contribution in [0.4, 0.5) is 10.2 Å². The topological polar surface area (TPSA) is 66.4 Å². The molecule has 5 heterocycles. The second-order valence-electron chi connectivity index (χ2n) is 11.3. The van der Waals surface area contributed by atoms with E-state index in [0.29, 0.717) is 41.3 Å². The number of aryl methyl sites for hydroxylation is 1. The maximum atomic E-state index is 16.4. The molecule has 0 radical (unpaired) electrons. The molecule has 0 saturated carbocycles. The predicted molar refractivity (Wildman–Crippen MR) is 143 cm³/mol. The number of hydrogen-bond acceptors (Lipinski definition) is 7. The molecule has 3 aliphatic heterocycles. The number of aromatic nitrogens is 3. The molecule has 3 saturated heterocycles. The molecule has 3 atom stereocenters. The zero-order chi connectivity index (χ0) is 24.9. The van der Waals surface area contributed by atoms with Crippen LogP contribution in [0.3, 0.4) is 0 Å². The fraction of sp³-hybridized carbons (Fsp3) is 0.552. The zero-order valence-corrected chi connectivity index (χ0v) is 21.5. The van der Waals surface area contributed by atoms with E-state index in [0.717, 1.165) is 69.5 Å². The van der Waals surface area contributed by atoms with Gasteiger partial charge in [-0.2, -0.15) is 9.97 Å². The predicted octanol–water partition coefficient (Wildman–Crippen LogP) is 4.12. The highest BCUT2D eigenvalue weighted by atomic mass is 19.1. The van der Waals surface area contributed by atoms with Crippen molar-refractivity contribution in [3.63, 3.8) is 0 Å². The molecule has 2 bridgehead atoms. The number of likely N-dealkylation sites (N-methyl/N-ethyl adjacent to an activating group) is 1. The van der Waals surface area contributed by atoms with Crippen molar-refractivity contribution in [2.24, 2.45) is 0 Å². The minimum atomic E-state index is -0.374. The molecule has 0 amide bonds. The van der Waals surface area contributed by atoms with Crippen molar-refractivity contribution in [3.05, 3.63) is 41.3 Å². The van der Waals surface area contributed by atoms with E-state index in [1.807, 2.05) is 12.1 Å². The monoisotopic (exact) mass is 502 g/mol. The molecule has 1 aliphatic carbocycles. The van der Waals surface area contributed by atoms with E-state index >= 15 is 4.39 Å². The Morgan fingerprint density at radius 2 is 1.89 bits per heavy atom. The van der Waals surface area contributed by atoms with E-state index in [9.17, 15) is 0 Å². The second kappa shape index (κ2) is 9.48. The average Bonchev–Trinajstić information content (AvgIpc) is 3.50. The van der Waals surface area contributed by atoms with Crippen LogP contribution in [0.1, 0.15) is 49.7 Å². The lowest BCUT2D eigenvalue weighted by Gasteiger charge is -2.34. The molecule has 2 aromatic heterocycles. The number of benzene rings is 1.